The van der Waals surface area contributed by atoms with Crippen LogP contribution in [0.15, 0.2) is 0 Å². The van der Waals surface area contributed by atoms with Gasteiger partial charge in [-0.2, -0.15) is 0 Å². The molecule has 1 rings (SSSR count). The van der Waals surface area contributed by atoms with Gasteiger partial charge in [0.1, 0.15) is 9.84 Å². The lowest BCUT2D eigenvalue weighted by Crippen LogP contribution is -2.34. The second kappa shape index (κ2) is 6.60. The van der Waals surface area contributed by atoms with Gasteiger partial charge < -0.3 is 5.32 Å². The Bertz CT molecular complexity index is 285. The summed E-state index contributed by atoms with van der Waals surface area (Å²) < 4.78 is 22.9. The molecule has 2 unspecified atom stereocenters. The van der Waals surface area contributed by atoms with Gasteiger partial charge in [-0.15, -0.1) is 0 Å². The molecule has 0 heterocycles. The Hall–Kier alpha value is -0.0900. The fourth-order valence-electron chi connectivity index (χ4n) is 2.52. The largest absolute Gasteiger partial charge is 0.314 e. The fourth-order valence-corrected chi connectivity index (χ4v) is 3.50. The van der Waals surface area contributed by atoms with Crippen molar-refractivity contribution in [1.82, 2.24) is 5.32 Å². The Morgan fingerprint density at radius 1 is 1.25 bits per heavy atom. The summed E-state index contributed by atoms with van der Waals surface area (Å²) in [7, 11) is -2.77. The SMILES string of the molecule is CCNC1CCCC(CCS(=O)(=O)CC)C1. The van der Waals surface area contributed by atoms with Crippen LogP contribution in [-0.4, -0.2) is 32.5 Å². The maximum Gasteiger partial charge on any atom is 0.150 e. The minimum absolute atomic E-state index is 0.288. The quantitative estimate of drug-likeness (QED) is 0.780. The van der Waals surface area contributed by atoms with Gasteiger partial charge >= 0.3 is 0 Å². The monoisotopic (exact) mass is 247 g/mol. The smallest absolute Gasteiger partial charge is 0.150 e. The Morgan fingerprint density at radius 2 is 2.00 bits per heavy atom. The summed E-state index contributed by atoms with van der Waals surface area (Å²) in [5.74, 6) is 1.28. The van der Waals surface area contributed by atoms with Crippen LogP contribution in [-0.2, 0) is 9.84 Å². The van der Waals surface area contributed by atoms with Crippen LogP contribution in [0, 0.1) is 5.92 Å². The Kier molecular flexibility index (Phi) is 5.76. The summed E-state index contributed by atoms with van der Waals surface area (Å²) in [5, 5.41) is 3.48. The van der Waals surface area contributed by atoms with Crippen LogP contribution in [0.1, 0.15) is 46.0 Å². The highest BCUT2D eigenvalue weighted by atomic mass is 32.2. The Morgan fingerprint density at radius 3 is 2.62 bits per heavy atom. The van der Waals surface area contributed by atoms with Gasteiger partial charge in [-0.3, -0.25) is 0 Å². The van der Waals surface area contributed by atoms with Crippen LogP contribution in [0.5, 0.6) is 0 Å². The normalized spacial score (nSPS) is 26.9. The summed E-state index contributed by atoms with van der Waals surface area (Å²) in [6.45, 7) is 4.88. The summed E-state index contributed by atoms with van der Waals surface area (Å²) in [6, 6.07) is 0.619. The zero-order valence-corrected chi connectivity index (χ0v) is 11.4. The molecule has 0 saturated heterocycles. The summed E-state index contributed by atoms with van der Waals surface area (Å²) >= 11 is 0. The van der Waals surface area contributed by atoms with E-state index < -0.39 is 9.84 Å². The molecule has 1 aliphatic rings. The van der Waals surface area contributed by atoms with Crippen molar-refractivity contribution < 1.29 is 8.42 Å². The van der Waals surface area contributed by atoms with Gasteiger partial charge in [0.2, 0.25) is 0 Å². The zero-order chi connectivity index (χ0) is 12.0. The Labute approximate surface area is 99.9 Å². The predicted molar refractivity (Wildman–Crippen MR) is 68.4 cm³/mol. The van der Waals surface area contributed by atoms with E-state index in [1.165, 1.54) is 19.3 Å². The highest BCUT2D eigenvalue weighted by Crippen LogP contribution is 2.27. The maximum atomic E-state index is 11.4. The van der Waals surface area contributed by atoms with E-state index >= 15 is 0 Å². The molecule has 4 heteroatoms. The second-order valence-corrected chi connectivity index (χ2v) is 7.29. The average molecular weight is 247 g/mol. The van der Waals surface area contributed by atoms with Crippen molar-refractivity contribution in [2.24, 2.45) is 5.92 Å². The van der Waals surface area contributed by atoms with Crippen molar-refractivity contribution in [3.8, 4) is 0 Å². The molecule has 96 valence electrons. The van der Waals surface area contributed by atoms with Gasteiger partial charge in [-0.05, 0) is 31.7 Å². The van der Waals surface area contributed by atoms with Gasteiger partial charge in [0, 0.05) is 11.8 Å². The number of rotatable bonds is 6. The first kappa shape index (κ1) is 14.0. The molecule has 0 spiro atoms. The molecule has 1 N–H and O–H groups in total. The van der Waals surface area contributed by atoms with E-state index in [1.807, 2.05) is 0 Å². The summed E-state index contributed by atoms with van der Waals surface area (Å²) in [6.07, 6.45) is 5.73. The molecule has 1 aliphatic carbocycles. The van der Waals surface area contributed by atoms with E-state index in [4.69, 9.17) is 0 Å². The fraction of sp³-hybridized carbons (Fsp3) is 1.00. The first-order chi connectivity index (χ1) is 7.57. The van der Waals surface area contributed by atoms with Crippen molar-refractivity contribution in [3.05, 3.63) is 0 Å². The van der Waals surface area contributed by atoms with E-state index in [0.29, 0.717) is 17.7 Å². The zero-order valence-electron chi connectivity index (χ0n) is 10.5. The van der Waals surface area contributed by atoms with Crippen LogP contribution in [0.4, 0.5) is 0 Å². The predicted octanol–water partition coefficient (Wildman–Crippen LogP) is 1.98. The van der Waals surface area contributed by atoms with Crippen LogP contribution >= 0.6 is 0 Å². The number of hydrogen-bond acceptors (Lipinski definition) is 3. The molecular formula is C12H25NO2S. The number of hydrogen-bond donors (Lipinski definition) is 1. The van der Waals surface area contributed by atoms with E-state index in [0.717, 1.165) is 19.4 Å². The highest BCUT2D eigenvalue weighted by molar-refractivity contribution is 7.91. The van der Waals surface area contributed by atoms with Crippen molar-refractivity contribution in [2.75, 3.05) is 18.1 Å². The molecule has 0 aliphatic heterocycles. The standard InChI is InChI=1S/C12H25NO2S/c1-3-13-12-7-5-6-11(10-12)8-9-16(14,15)4-2/h11-13H,3-10H2,1-2H3. The number of nitrogens with one attached hydrogen (secondary N) is 1. The van der Waals surface area contributed by atoms with Crippen LogP contribution in [0.3, 0.4) is 0 Å². The minimum Gasteiger partial charge on any atom is -0.314 e. The van der Waals surface area contributed by atoms with Gasteiger partial charge in [-0.1, -0.05) is 26.7 Å². The van der Waals surface area contributed by atoms with Gasteiger partial charge in [0.05, 0.1) is 5.75 Å². The molecule has 1 saturated carbocycles. The lowest BCUT2D eigenvalue weighted by atomic mass is 9.84. The van der Waals surface area contributed by atoms with Crippen molar-refractivity contribution in [1.29, 1.82) is 0 Å². The third-order valence-corrected chi connectivity index (χ3v) is 5.29. The van der Waals surface area contributed by atoms with Crippen molar-refractivity contribution >= 4 is 9.84 Å². The van der Waals surface area contributed by atoms with E-state index in [2.05, 4.69) is 12.2 Å². The molecular weight excluding hydrogens is 222 g/mol. The summed E-state index contributed by atoms with van der Waals surface area (Å²) in [4.78, 5) is 0. The highest BCUT2D eigenvalue weighted by Gasteiger charge is 2.22. The first-order valence-electron chi connectivity index (χ1n) is 6.51. The maximum absolute atomic E-state index is 11.4. The average Bonchev–Trinajstić information content (AvgIpc) is 2.28. The first-order valence-corrected chi connectivity index (χ1v) is 8.33. The van der Waals surface area contributed by atoms with E-state index in [9.17, 15) is 8.42 Å². The molecule has 1 fully saturated rings. The molecule has 2 atom stereocenters. The van der Waals surface area contributed by atoms with Gasteiger partial charge in [-0.25, -0.2) is 8.42 Å². The van der Waals surface area contributed by atoms with Crippen molar-refractivity contribution in [3.63, 3.8) is 0 Å². The minimum atomic E-state index is -2.77. The van der Waals surface area contributed by atoms with Crippen molar-refractivity contribution in [2.45, 2.75) is 52.0 Å². The van der Waals surface area contributed by atoms with Crippen LogP contribution in [0.25, 0.3) is 0 Å². The molecule has 0 aromatic rings. The van der Waals surface area contributed by atoms with Crippen LogP contribution < -0.4 is 5.32 Å². The second-order valence-electron chi connectivity index (χ2n) is 4.81. The molecule has 0 bridgehead atoms. The Balaban J connectivity index is 2.32. The summed E-state index contributed by atoms with van der Waals surface area (Å²) in [5.41, 5.74) is 0. The lowest BCUT2D eigenvalue weighted by Gasteiger charge is -2.29. The molecule has 0 radical (unpaired) electrons. The van der Waals surface area contributed by atoms with E-state index in [1.54, 1.807) is 6.92 Å². The van der Waals surface area contributed by atoms with Gasteiger partial charge in [0.25, 0.3) is 0 Å². The topological polar surface area (TPSA) is 46.2 Å². The third kappa shape index (κ3) is 4.83. The third-order valence-electron chi connectivity index (χ3n) is 3.55. The molecule has 0 aromatic heterocycles. The molecule has 16 heavy (non-hydrogen) atoms. The number of sulfone groups is 1. The molecule has 0 aromatic carbocycles. The van der Waals surface area contributed by atoms with Crippen LogP contribution in [0.2, 0.25) is 0 Å². The molecule has 3 nitrogen and oxygen atoms in total. The van der Waals surface area contributed by atoms with Gasteiger partial charge in [0.15, 0.2) is 0 Å². The lowest BCUT2D eigenvalue weighted by molar-refractivity contribution is 0.283. The van der Waals surface area contributed by atoms with E-state index in [-0.39, 0.29) is 5.75 Å². The molecule has 0 amide bonds.